The Hall–Kier alpha value is -1.80. The summed E-state index contributed by atoms with van der Waals surface area (Å²) >= 11 is 11.8. The Bertz CT molecular complexity index is 838. The van der Waals surface area contributed by atoms with E-state index in [1.54, 1.807) is 36.4 Å². The van der Waals surface area contributed by atoms with Gasteiger partial charge in [-0.25, -0.2) is 8.42 Å². The first kappa shape index (κ1) is 15.6. The zero-order valence-electron chi connectivity index (χ0n) is 10.6. The summed E-state index contributed by atoms with van der Waals surface area (Å²) in [6.45, 7) is 0. The number of nitriles is 1. The van der Waals surface area contributed by atoms with Crippen LogP contribution in [0.25, 0.3) is 6.08 Å². The van der Waals surface area contributed by atoms with E-state index < -0.39 is 9.84 Å². The largest absolute Gasteiger partial charge is 0.218 e. The highest BCUT2D eigenvalue weighted by Gasteiger charge is 2.20. The lowest BCUT2D eigenvalue weighted by Crippen LogP contribution is -2.03. The van der Waals surface area contributed by atoms with E-state index in [9.17, 15) is 8.42 Å². The van der Waals surface area contributed by atoms with Gasteiger partial charge < -0.3 is 0 Å². The van der Waals surface area contributed by atoms with E-state index >= 15 is 0 Å². The highest BCUT2D eigenvalue weighted by atomic mass is 35.5. The van der Waals surface area contributed by atoms with Crippen molar-refractivity contribution in [2.75, 3.05) is 0 Å². The Balaban J connectivity index is 2.54. The van der Waals surface area contributed by atoms with Crippen molar-refractivity contribution in [2.24, 2.45) is 0 Å². The van der Waals surface area contributed by atoms with Crippen molar-refractivity contribution in [3.8, 4) is 6.07 Å². The second kappa shape index (κ2) is 6.31. The van der Waals surface area contributed by atoms with Gasteiger partial charge >= 0.3 is 0 Å². The lowest BCUT2D eigenvalue weighted by Gasteiger charge is -2.04. The molecule has 0 heterocycles. The molecule has 6 heteroatoms. The zero-order valence-corrected chi connectivity index (χ0v) is 13.0. The van der Waals surface area contributed by atoms with Gasteiger partial charge in [0.2, 0.25) is 9.84 Å². The first-order valence-corrected chi connectivity index (χ1v) is 8.06. The Morgan fingerprint density at radius 3 is 2.33 bits per heavy atom. The maximum Gasteiger partial charge on any atom is 0.216 e. The number of halogens is 2. The summed E-state index contributed by atoms with van der Waals surface area (Å²) in [7, 11) is -3.87. The van der Waals surface area contributed by atoms with Crippen LogP contribution < -0.4 is 0 Å². The van der Waals surface area contributed by atoms with Crippen LogP contribution in [-0.2, 0) is 9.84 Å². The Morgan fingerprint density at radius 1 is 1.10 bits per heavy atom. The maximum atomic E-state index is 12.4. The number of hydrogen-bond donors (Lipinski definition) is 0. The number of allylic oxidation sites excluding steroid dienone is 1. The molecular weight excluding hydrogens is 329 g/mol. The van der Waals surface area contributed by atoms with Crippen LogP contribution in [0.1, 0.15) is 5.56 Å². The molecule has 0 aliphatic rings. The third kappa shape index (κ3) is 3.45. The topological polar surface area (TPSA) is 57.9 Å². The lowest BCUT2D eigenvalue weighted by atomic mass is 10.2. The number of sulfone groups is 1. The summed E-state index contributed by atoms with van der Waals surface area (Å²) in [4.78, 5) is -0.319. The minimum absolute atomic E-state index is 0.0582. The molecule has 2 rings (SSSR count). The normalized spacial score (nSPS) is 12.0. The molecule has 0 unspecified atom stereocenters. The van der Waals surface area contributed by atoms with Crippen LogP contribution >= 0.6 is 23.2 Å². The average molecular weight is 338 g/mol. The third-order valence-corrected chi connectivity index (χ3v) is 4.95. The maximum absolute atomic E-state index is 12.4. The molecule has 106 valence electrons. The molecule has 0 radical (unpaired) electrons. The van der Waals surface area contributed by atoms with Gasteiger partial charge in [0.15, 0.2) is 0 Å². The average Bonchev–Trinajstić information content (AvgIpc) is 2.47. The minimum Gasteiger partial charge on any atom is -0.218 e. The number of hydrogen-bond acceptors (Lipinski definition) is 3. The van der Waals surface area contributed by atoms with Crippen LogP contribution in [0.4, 0.5) is 0 Å². The van der Waals surface area contributed by atoms with Crippen LogP contribution in [0.3, 0.4) is 0 Å². The van der Waals surface area contributed by atoms with E-state index in [2.05, 4.69) is 0 Å². The molecule has 0 bridgehead atoms. The first-order valence-electron chi connectivity index (χ1n) is 5.82. The summed E-state index contributed by atoms with van der Waals surface area (Å²) in [6.07, 6.45) is 1.24. The molecule has 21 heavy (non-hydrogen) atoms. The van der Waals surface area contributed by atoms with Gasteiger partial charge in [0.05, 0.1) is 4.90 Å². The molecule has 0 aliphatic carbocycles. The minimum atomic E-state index is -3.87. The van der Waals surface area contributed by atoms with Crippen molar-refractivity contribution in [1.82, 2.24) is 0 Å². The fourth-order valence-electron chi connectivity index (χ4n) is 1.66. The van der Waals surface area contributed by atoms with Crippen molar-refractivity contribution >= 4 is 39.1 Å². The number of nitrogens with zero attached hydrogens (tertiary/aromatic N) is 1. The highest BCUT2D eigenvalue weighted by molar-refractivity contribution is 7.95. The molecule has 2 aromatic rings. The number of rotatable bonds is 3. The van der Waals surface area contributed by atoms with E-state index in [4.69, 9.17) is 28.5 Å². The molecule has 0 spiro atoms. The van der Waals surface area contributed by atoms with E-state index in [0.717, 1.165) is 0 Å². The fraction of sp³-hybridized carbons (Fsp3) is 0. The molecular formula is C15H9Cl2NO2S. The predicted molar refractivity (Wildman–Crippen MR) is 83.7 cm³/mol. The summed E-state index contributed by atoms with van der Waals surface area (Å²) in [5.41, 5.74) is 0.414. The molecule has 0 atom stereocenters. The molecule has 0 saturated carbocycles. The Morgan fingerprint density at radius 2 is 1.76 bits per heavy atom. The third-order valence-electron chi connectivity index (χ3n) is 2.70. The van der Waals surface area contributed by atoms with Crippen molar-refractivity contribution in [3.05, 3.63) is 69.0 Å². The van der Waals surface area contributed by atoms with E-state index in [0.29, 0.717) is 10.6 Å². The van der Waals surface area contributed by atoms with Crippen molar-refractivity contribution < 1.29 is 8.42 Å². The van der Waals surface area contributed by atoms with Gasteiger partial charge in [-0.2, -0.15) is 5.26 Å². The molecule has 2 aromatic carbocycles. The summed E-state index contributed by atoms with van der Waals surface area (Å²) in [5, 5.41) is 9.87. The molecule has 0 fully saturated rings. The first-order chi connectivity index (χ1) is 9.95. The smallest absolute Gasteiger partial charge is 0.216 e. The van der Waals surface area contributed by atoms with Gasteiger partial charge in [-0.05, 0) is 35.9 Å². The van der Waals surface area contributed by atoms with Gasteiger partial charge in [0.1, 0.15) is 11.0 Å². The van der Waals surface area contributed by atoms with E-state index in [1.165, 1.54) is 24.3 Å². The summed E-state index contributed by atoms with van der Waals surface area (Å²) in [5.74, 6) is 0. The number of benzene rings is 2. The van der Waals surface area contributed by atoms with Crippen molar-refractivity contribution in [1.29, 1.82) is 5.26 Å². The fourth-order valence-corrected chi connectivity index (χ4v) is 3.29. The molecule has 0 aliphatic heterocycles. The van der Waals surface area contributed by atoms with Gasteiger partial charge in [-0.15, -0.1) is 0 Å². The standard InChI is InChI=1S/C15H9Cl2NO2S/c16-12-7-6-11(15(17)9-12)8-14(10-18)21(19,20)13-4-2-1-3-5-13/h1-9H. The highest BCUT2D eigenvalue weighted by Crippen LogP contribution is 2.26. The van der Waals surface area contributed by atoms with Gasteiger partial charge in [-0.3, -0.25) is 0 Å². The van der Waals surface area contributed by atoms with E-state index in [1.807, 2.05) is 0 Å². The van der Waals surface area contributed by atoms with Crippen LogP contribution in [0.15, 0.2) is 58.3 Å². The van der Waals surface area contributed by atoms with Gasteiger partial charge in [0, 0.05) is 10.0 Å². The quantitative estimate of drug-likeness (QED) is 0.783. The molecule has 0 aromatic heterocycles. The van der Waals surface area contributed by atoms with Crippen molar-refractivity contribution in [2.45, 2.75) is 4.90 Å². The van der Waals surface area contributed by atoms with Crippen LogP contribution in [0, 0.1) is 11.3 Å². The second-order valence-corrected chi connectivity index (χ2v) is 6.86. The second-order valence-electron chi connectivity index (χ2n) is 4.10. The molecule has 3 nitrogen and oxygen atoms in total. The lowest BCUT2D eigenvalue weighted by molar-refractivity contribution is 0.603. The van der Waals surface area contributed by atoms with E-state index in [-0.39, 0.29) is 14.8 Å². The molecule has 0 amide bonds. The Labute approximate surface area is 133 Å². The van der Waals surface area contributed by atoms with Gasteiger partial charge in [0.25, 0.3) is 0 Å². The summed E-state index contributed by atoms with van der Waals surface area (Å²) in [6, 6.07) is 14.1. The van der Waals surface area contributed by atoms with Crippen LogP contribution in [0.2, 0.25) is 10.0 Å². The van der Waals surface area contributed by atoms with Crippen LogP contribution in [0.5, 0.6) is 0 Å². The van der Waals surface area contributed by atoms with Crippen molar-refractivity contribution in [3.63, 3.8) is 0 Å². The SMILES string of the molecule is N#CC(=Cc1ccc(Cl)cc1Cl)S(=O)(=O)c1ccccc1. The van der Waals surface area contributed by atoms with Gasteiger partial charge in [-0.1, -0.05) is 47.5 Å². The van der Waals surface area contributed by atoms with Crippen LogP contribution in [-0.4, -0.2) is 8.42 Å². The Kier molecular flexibility index (Phi) is 4.69. The molecule has 0 saturated heterocycles. The molecule has 0 N–H and O–H groups in total. The predicted octanol–water partition coefficient (Wildman–Crippen LogP) is 4.33. The monoisotopic (exact) mass is 337 g/mol. The zero-order chi connectivity index (χ0) is 15.5. The summed E-state index contributed by atoms with van der Waals surface area (Å²) < 4.78 is 24.8.